The van der Waals surface area contributed by atoms with Crippen molar-refractivity contribution < 1.29 is 4.79 Å². The van der Waals surface area contributed by atoms with Crippen molar-refractivity contribution in [2.45, 2.75) is 25.2 Å². The number of amides is 1. The van der Waals surface area contributed by atoms with Gasteiger partial charge in [0.15, 0.2) is 0 Å². The third-order valence-electron chi connectivity index (χ3n) is 5.16. The lowest BCUT2D eigenvalue weighted by Crippen LogP contribution is -2.38. The molecule has 0 bridgehead atoms. The molecule has 3 aromatic rings. The molecule has 1 amide bonds. The monoisotopic (exact) mass is 352 g/mol. The Morgan fingerprint density at radius 1 is 1.12 bits per heavy atom. The number of rotatable bonds is 3. The number of halogens is 1. The van der Waals surface area contributed by atoms with Gasteiger partial charge >= 0.3 is 0 Å². The van der Waals surface area contributed by atoms with E-state index in [2.05, 4.69) is 11.2 Å². The molecule has 25 heavy (non-hydrogen) atoms. The highest BCUT2D eigenvalue weighted by atomic mass is 35.5. The van der Waals surface area contributed by atoms with Crippen LogP contribution in [0.2, 0.25) is 5.02 Å². The van der Waals surface area contributed by atoms with Gasteiger partial charge in [0, 0.05) is 35.2 Å². The van der Waals surface area contributed by atoms with Crippen LogP contribution < -0.4 is 0 Å². The van der Waals surface area contributed by atoms with Crippen LogP contribution in [0.4, 0.5) is 0 Å². The molecule has 0 saturated carbocycles. The molecular weight excluding hydrogens is 332 g/mol. The lowest BCUT2D eigenvalue weighted by molar-refractivity contribution is -0.131. The van der Waals surface area contributed by atoms with Gasteiger partial charge in [-0.05, 0) is 48.1 Å². The predicted octanol–water partition coefficient (Wildman–Crippen LogP) is 4.77. The van der Waals surface area contributed by atoms with E-state index in [4.69, 9.17) is 11.6 Å². The van der Waals surface area contributed by atoms with Crippen molar-refractivity contribution in [2.75, 3.05) is 13.1 Å². The van der Waals surface area contributed by atoms with Gasteiger partial charge in [-0.3, -0.25) is 4.79 Å². The molecule has 4 heteroatoms. The van der Waals surface area contributed by atoms with Crippen molar-refractivity contribution in [1.29, 1.82) is 0 Å². The van der Waals surface area contributed by atoms with E-state index in [1.807, 2.05) is 53.4 Å². The highest BCUT2D eigenvalue weighted by Gasteiger charge is 2.25. The number of likely N-dealkylation sites (tertiary alicyclic amines) is 1. The zero-order chi connectivity index (χ0) is 17.2. The van der Waals surface area contributed by atoms with Gasteiger partial charge in [0.05, 0.1) is 6.42 Å². The van der Waals surface area contributed by atoms with Crippen molar-refractivity contribution in [3.63, 3.8) is 0 Å². The van der Waals surface area contributed by atoms with Crippen molar-refractivity contribution in [1.82, 2.24) is 9.88 Å². The van der Waals surface area contributed by atoms with E-state index in [0.717, 1.165) is 42.0 Å². The first-order chi connectivity index (χ1) is 12.2. The molecule has 0 unspecified atom stereocenters. The van der Waals surface area contributed by atoms with Crippen LogP contribution >= 0.6 is 11.6 Å². The Balaban J connectivity index is 1.42. The summed E-state index contributed by atoms with van der Waals surface area (Å²) in [5.41, 5.74) is 3.54. The number of fused-ring (bicyclic) bond motifs is 1. The average Bonchev–Trinajstić information content (AvgIpc) is 3.05. The van der Waals surface area contributed by atoms with Gasteiger partial charge in [-0.2, -0.15) is 0 Å². The fourth-order valence-corrected chi connectivity index (χ4v) is 3.95. The van der Waals surface area contributed by atoms with Gasteiger partial charge in [0.1, 0.15) is 0 Å². The number of nitrogens with zero attached hydrogens (tertiary/aromatic N) is 1. The quantitative estimate of drug-likeness (QED) is 0.724. The Morgan fingerprint density at radius 2 is 1.88 bits per heavy atom. The zero-order valence-corrected chi connectivity index (χ0v) is 14.8. The van der Waals surface area contributed by atoms with Gasteiger partial charge in [0.2, 0.25) is 5.91 Å². The smallest absolute Gasteiger partial charge is 0.226 e. The number of carbonyl (C=O) groups excluding carboxylic acids is 1. The van der Waals surface area contributed by atoms with E-state index in [0.29, 0.717) is 12.3 Å². The minimum atomic E-state index is 0.228. The standard InChI is InChI=1S/C21H21ClN2O/c22-17-6-7-20-18(13-17)19(14-23-20)16-8-10-24(11-9-16)21(25)12-15-4-2-1-3-5-15/h1-7,13-14,16,23H,8-12H2. The van der Waals surface area contributed by atoms with Crippen LogP contribution in [0.1, 0.15) is 29.9 Å². The van der Waals surface area contributed by atoms with Crippen LogP contribution in [0, 0.1) is 0 Å². The van der Waals surface area contributed by atoms with E-state index in [1.54, 1.807) is 0 Å². The first-order valence-corrected chi connectivity index (χ1v) is 9.17. The van der Waals surface area contributed by atoms with Crippen molar-refractivity contribution in [3.05, 3.63) is 70.9 Å². The molecule has 0 atom stereocenters. The average molecular weight is 353 g/mol. The van der Waals surface area contributed by atoms with Crippen LogP contribution in [0.25, 0.3) is 10.9 Å². The molecule has 0 aliphatic carbocycles. The number of carbonyl (C=O) groups is 1. The normalized spacial score (nSPS) is 15.6. The van der Waals surface area contributed by atoms with Crippen molar-refractivity contribution >= 4 is 28.4 Å². The second-order valence-corrected chi connectivity index (χ2v) is 7.19. The molecule has 0 spiro atoms. The number of aromatic amines is 1. The summed E-state index contributed by atoms with van der Waals surface area (Å²) in [7, 11) is 0. The third kappa shape index (κ3) is 3.42. The maximum absolute atomic E-state index is 12.5. The fraction of sp³-hybridized carbons (Fsp3) is 0.286. The molecule has 4 rings (SSSR count). The molecule has 2 aromatic carbocycles. The maximum Gasteiger partial charge on any atom is 0.226 e. The number of benzene rings is 2. The molecule has 1 aliphatic rings. The molecule has 1 N–H and O–H groups in total. The van der Waals surface area contributed by atoms with E-state index in [1.165, 1.54) is 10.9 Å². The Kier molecular flexibility index (Phi) is 4.50. The van der Waals surface area contributed by atoms with Crippen LogP contribution in [-0.2, 0) is 11.2 Å². The molecule has 1 saturated heterocycles. The van der Waals surface area contributed by atoms with Crippen LogP contribution in [0.3, 0.4) is 0 Å². The summed E-state index contributed by atoms with van der Waals surface area (Å²) in [6.45, 7) is 1.65. The topological polar surface area (TPSA) is 36.1 Å². The SMILES string of the molecule is O=C(Cc1ccccc1)N1CCC(c2c[nH]c3ccc(Cl)cc23)CC1. The minimum Gasteiger partial charge on any atom is -0.361 e. The molecule has 2 heterocycles. The van der Waals surface area contributed by atoms with Crippen molar-refractivity contribution in [2.24, 2.45) is 0 Å². The lowest BCUT2D eigenvalue weighted by Gasteiger charge is -2.32. The summed E-state index contributed by atoms with van der Waals surface area (Å²) in [6, 6.07) is 16.0. The predicted molar refractivity (Wildman–Crippen MR) is 102 cm³/mol. The van der Waals surface area contributed by atoms with E-state index in [9.17, 15) is 4.79 Å². The van der Waals surface area contributed by atoms with Gasteiger partial charge in [-0.1, -0.05) is 41.9 Å². The minimum absolute atomic E-state index is 0.228. The number of hydrogen-bond acceptors (Lipinski definition) is 1. The number of piperidine rings is 1. The van der Waals surface area contributed by atoms with Crippen LogP contribution in [0.5, 0.6) is 0 Å². The second kappa shape index (κ2) is 6.93. The summed E-state index contributed by atoms with van der Waals surface area (Å²) < 4.78 is 0. The number of aromatic nitrogens is 1. The van der Waals surface area contributed by atoms with Crippen molar-refractivity contribution in [3.8, 4) is 0 Å². The van der Waals surface area contributed by atoms with E-state index in [-0.39, 0.29) is 5.91 Å². The zero-order valence-electron chi connectivity index (χ0n) is 14.0. The number of hydrogen-bond donors (Lipinski definition) is 1. The first-order valence-electron chi connectivity index (χ1n) is 8.79. The molecule has 1 aliphatic heterocycles. The Bertz CT molecular complexity index is 879. The van der Waals surface area contributed by atoms with E-state index >= 15 is 0 Å². The maximum atomic E-state index is 12.5. The molecule has 128 valence electrons. The van der Waals surface area contributed by atoms with Crippen LogP contribution in [0.15, 0.2) is 54.7 Å². The summed E-state index contributed by atoms with van der Waals surface area (Å²) >= 11 is 6.16. The third-order valence-corrected chi connectivity index (χ3v) is 5.40. The Morgan fingerprint density at radius 3 is 2.64 bits per heavy atom. The molecule has 1 fully saturated rings. The largest absolute Gasteiger partial charge is 0.361 e. The number of nitrogens with one attached hydrogen (secondary N) is 1. The molecule has 1 aromatic heterocycles. The second-order valence-electron chi connectivity index (χ2n) is 6.75. The summed E-state index contributed by atoms with van der Waals surface area (Å²) in [4.78, 5) is 17.9. The summed E-state index contributed by atoms with van der Waals surface area (Å²) in [6.07, 6.45) is 4.60. The Hall–Kier alpha value is -2.26. The number of H-pyrrole nitrogens is 1. The highest BCUT2D eigenvalue weighted by molar-refractivity contribution is 6.31. The first kappa shape index (κ1) is 16.2. The molecular formula is C21H21ClN2O. The van der Waals surface area contributed by atoms with Gasteiger partial charge < -0.3 is 9.88 Å². The van der Waals surface area contributed by atoms with Gasteiger partial charge in [-0.25, -0.2) is 0 Å². The van der Waals surface area contributed by atoms with Gasteiger partial charge in [-0.15, -0.1) is 0 Å². The summed E-state index contributed by atoms with van der Waals surface area (Å²) in [5.74, 6) is 0.708. The van der Waals surface area contributed by atoms with E-state index < -0.39 is 0 Å². The van der Waals surface area contributed by atoms with Crippen LogP contribution in [-0.4, -0.2) is 28.9 Å². The lowest BCUT2D eigenvalue weighted by atomic mass is 9.89. The highest BCUT2D eigenvalue weighted by Crippen LogP contribution is 2.34. The van der Waals surface area contributed by atoms with Gasteiger partial charge in [0.25, 0.3) is 0 Å². The Labute approximate surface area is 152 Å². The fourth-order valence-electron chi connectivity index (χ4n) is 3.77. The molecule has 0 radical (unpaired) electrons. The molecule has 3 nitrogen and oxygen atoms in total. The summed E-state index contributed by atoms with van der Waals surface area (Å²) in [5, 5.41) is 1.98.